The third kappa shape index (κ3) is 2.49. The highest BCUT2D eigenvalue weighted by molar-refractivity contribution is 7.81. The minimum Gasteiger partial charge on any atom is -0.478 e. The molecular formula is C10H12O2S. The van der Waals surface area contributed by atoms with Crippen LogP contribution in [-0.4, -0.2) is 11.1 Å². The quantitative estimate of drug-likeness (QED) is 0.713. The molecule has 0 spiro atoms. The third-order valence-corrected chi connectivity index (χ3v) is 2.10. The Balaban J connectivity index is 3.01. The van der Waals surface area contributed by atoms with Crippen molar-refractivity contribution < 1.29 is 9.90 Å². The van der Waals surface area contributed by atoms with E-state index in [-0.39, 0.29) is 4.75 Å². The van der Waals surface area contributed by atoms with Crippen molar-refractivity contribution in [2.24, 2.45) is 0 Å². The SMILES string of the molecule is CC(C)(S)c1ccc(C(=O)O)cc1. The minimum absolute atomic E-state index is 0.225. The van der Waals surface area contributed by atoms with Gasteiger partial charge in [0.15, 0.2) is 0 Å². The number of carboxylic acids is 1. The number of hydrogen-bond acceptors (Lipinski definition) is 2. The Morgan fingerprint density at radius 3 is 2.08 bits per heavy atom. The molecular weight excluding hydrogens is 184 g/mol. The van der Waals surface area contributed by atoms with Crippen molar-refractivity contribution in [3.63, 3.8) is 0 Å². The van der Waals surface area contributed by atoms with Gasteiger partial charge in [0, 0.05) is 4.75 Å². The zero-order valence-corrected chi connectivity index (χ0v) is 8.51. The maximum atomic E-state index is 10.5. The van der Waals surface area contributed by atoms with Crippen LogP contribution in [0.5, 0.6) is 0 Å². The summed E-state index contributed by atoms with van der Waals surface area (Å²) in [6.07, 6.45) is 0. The van der Waals surface area contributed by atoms with Gasteiger partial charge in [-0.25, -0.2) is 4.79 Å². The van der Waals surface area contributed by atoms with Crippen molar-refractivity contribution >= 4 is 18.6 Å². The first-order valence-electron chi connectivity index (χ1n) is 3.97. The molecule has 0 atom stereocenters. The van der Waals surface area contributed by atoms with Gasteiger partial charge in [0.25, 0.3) is 0 Å². The van der Waals surface area contributed by atoms with Crippen LogP contribution < -0.4 is 0 Å². The first kappa shape index (κ1) is 10.1. The molecule has 0 amide bonds. The summed E-state index contributed by atoms with van der Waals surface area (Å²) in [6, 6.07) is 6.76. The lowest BCUT2D eigenvalue weighted by Gasteiger charge is -2.17. The standard InChI is InChI=1S/C10H12O2S/c1-10(2,13)8-5-3-7(4-6-8)9(11)12/h3-6,13H,1-2H3,(H,11,12). The van der Waals surface area contributed by atoms with E-state index in [1.54, 1.807) is 24.3 Å². The highest BCUT2D eigenvalue weighted by Crippen LogP contribution is 2.26. The van der Waals surface area contributed by atoms with Gasteiger partial charge in [0.1, 0.15) is 0 Å². The Morgan fingerprint density at radius 2 is 1.77 bits per heavy atom. The normalized spacial score (nSPS) is 11.3. The second-order valence-electron chi connectivity index (χ2n) is 3.44. The Morgan fingerprint density at radius 1 is 1.31 bits per heavy atom. The molecule has 0 heterocycles. The van der Waals surface area contributed by atoms with Crippen LogP contribution in [0.3, 0.4) is 0 Å². The van der Waals surface area contributed by atoms with Gasteiger partial charge >= 0.3 is 5.97 Å². The van der Waals surface area contributed by atoms with Gasteiger partial charge in [-0.1, -0.05) is 12.1 Å². The highest BCUT2D eigenvalue weighted by Gasteiger charge is 2.14. The van der Waals surface area contributed by atoms with Crippen molar-refractivity contribution in [2.75, 3.05) is 0 Å². The number of carboxylic acid groups (broad SMARTS) is 1. The van der Waals surface area contributed by atoms with E-state index in [0.29, 0.717) is 5.56 Å². The van der Waals surface area contributed by atoms with Crippen LogP contribution in [0, 0.1) is 0 Å². The summed E-state index contributed by atoms with van der Waals surface area (Å²) in [6.45, 7) is 3.93. The number of thiol groups is 1. The molecule has 0 saturated carbocycles. The summed E-state index contributed by atoms with van der Waals surface area (Å²) < 4.78 is -0.225. The van der Waals surface area contributed by atoms with E-state index in [9.17, 15) is 4.79 Å². The van der Waals surface area contributed by atoms with E-state index in [0.717, 1.165) is 5.56 Å². The molecule has 0 fully saturated rings. The van der Waals surface area contributed by atoms with Gasteiger partial charge in [-0.15, -0.1) is 0 Å². The van der Waals surface area contributed by atoms with Crippen LogP contribution in [0.1, 0.15) is 29.8 Å². The predicted molar refractivity (Wildman–Crippen MR) is 55.4 cm³/mol. The monoisotopic (exact) mass is 196 g/mol. The number of aromatic carboxylic acids is 1. The van der Waals surface area contributed by atoms with Crippen LogP contribution in [0.25, 0.3) is 0 Å². The molecule has 3 heteroatoms. The van der Waals surface area contributed by atoms with Crippen LogP contribution in [0.2, 0.25) is 0 Å². The Kier molecular flexibility index (Phi) is 2.66. The van der Waals surface area contributed by atoms with E-state index in [1.165, 1.54) is 0 Å². The second-order valence-corrected chi connectivity index (χ2v) is 4.56. The van der Waals surface area contributed by atoms with E-state index < -0.39 is 5.97 Å². The molecule has 1 aromatic rings. The van der Waals surface area contributed by atoms with Gasteiger partial charge < -0.3 is 5.11 Å². The smallest absolute Gasteiger partial charge is 0.335 e. The number of carbonyl (C=O) groups is 1. The molecule has 0 aromatic heterocycles. The molecule has 70 valence electrons. The number of benzene rings is 1. The van der Waals surface area contributed by atoms with Gasteiger partial charge in [-0.3, -0.25) is 0 Å². The zero-order valence-electron chi connectivity index (χ0n) is 7.61. The Bertz CT molecular complexity index is 309. The summed E-state index contributed by atoms with van der Waals surface area (Å²) in [4.78, 5) is 10.5. The summed E-state index contributed by atoms with van der Waals surface area (Å²) in [5, 5.41) is 8.66. The molecule has 0 aliphatic heterocycles. The molecule has 0 aliphatic rings. The van der Waals surface area contributed by atoms with Crippen LogP contribution in [-0.2, 0) is 4.75 Å². The van der Waals surface area contributed by atoms with Crippen molar-refractivity contribution in [3.05, 3.63) is 35.4 Å². The molecule has 2 nitrogen and oxygen atoms in total. The molecule has 0 unspecified atom stereocenters. The fraction of sp³-hybridized carbons (Fsp3) is 0.300. The fourth-order valence-corrected chi connectivity index (χ4v) is 1.17. The van der Waals surface area contributed by atoms with E-state index in [1.807, 2.05) is 13.8 Å². The molecule has 13 heavy (non-hydrogen) atoms. The van der Waals surface area contributed by atoms with Gasteiger partial charge in [-0.2, -0.15) is 12.6 Å². The molecule has 1 N–H and O–H groups in total. The molecule has 1 aromatic carbocycles. The maximum absolute atomic E-state index is 10.5. The predicted octanol–water partition coefficient (Wildman–Crippen LogP) is 2.55. The largest absolute Gasteiger partial charge is 0.478 e. The minimum atomic E-state index is -0.900. The average Bonchev–Trinajstić information content (AvgIpc) is 2.03. The summed E-state index contributed by atoms with van der Waals surface area (Å²) in [7, 11) is 0. The summed E-state index contributed by atoms with van der Waals surface area (Å²) >= 11 is 4.38. The zero-order chi connectivity index (χ0) is 10.1. The fourth-order valence-electron chi connectivity index (χ4n) is 1.02. The van der Waals surface area contributed by atoms with Gasteiger partial charge in [0.2, 0.25) is 0 Å². The topological polar surface area (TPSA) is 37.3 Å². The molecule has 0 bridgehead atoms. The lowest BCUT2D eigenvalue weighted by atomic mass is 10.0. The van der Waals surface area contributed by atoms with Crippen molar-refractivity contribution in [1.82, 2.24) is 0 Å². The van der Waals surface area contributed by atoms with Crippen molar-refractivity contribution in [2.45, 2.75) is 18.6 Å². The first-order chi connectivity index (χ1) is 5.91. The van der Waals surface area contributed by atoms with Gasteiger partial charge in [0.05, 0.1) is 5.56 Å². The average molecular weight is 196 g/mol. The first-order valence-corrected chi connectivity index (χ1v) is 4.42. The third-order valence-electron chi connectivity index (χ3n) is 1.84. The summed E-state index contributed by atoms with van der Waals surface area (Å²) in [5.41, 5.74) is 1.32. The van der Waals surface area contributed by atoms with Crippen molar-refractivity contribution in [1.29, 1.82) is 0 Å². The molecule has 0 saturated heterocycles. The molecule has 0 radical (unpaired) electrons. The Hall–Kier alpha value is -0.960. The van der Waals surface area contributed by atoms with E-state index in [2.05, 4.69) is 12.6 Å². The lowest BCUT2D eigenvalue weighted by Crippen LogP contribution is -2.07. The van der Waals surface area contributed by atoms with Crippen LogP contribution in [0.15, 0.2) is 24.3 Å². The highest BCUT2D eigenvalue weighted by atomic mass is 32.1. The number of rotatable bonds is 2. The molecule has 1 rings (SSSR count). The van der Waals surface area contributed by atoms with Crippen LogP contribution in [0.4, 0.5) is 0 Å². The second kappa shape index (κ2) is 3.42. The number of hydrogen-bond donors (Lipinski definition) is 2. The lowest BCUT2D eigenvalue weighted by molar-refractivity contribution is 0.0697. The summed E-state index contributed by atoms with van der Waals surface area (Å²) in [5.74, 6) is -0.900. The Labute approximate surface area is 83.0 Å². The van der Waals surface area contributed by atoms with Gasteiger partial charge in [-0.05, 0) is 31.5 Å². The van der Waals surface area contributed by atoms with Crippen molar-refractivity contribution in [3.8, 4) is 0 Å². The van der Waals surface area contributed by atoms with E-state index >= 15 is 0 Å². The van der Waals surface area contributed by atoms with E-state index in [4.69, 9.17) is 5.11 Å². The van der Waals surface area contributed by atoms with Crippen LogP contribution >= 0.6 is 12.6 Å². The maximum Gasteiger partial charge on any atom is 0.335 e. The molecule has 0 aliphatic carbocycles.